The van der Waals surface area contributed by atoms with Crippen LogP contribution in [0.25, 0.3) is 0 Å². The molecule has 0 saturated carbocycles. The first kappa shape index (κ1) is 16.1. The van der Waals surface area contributed by atoms with Crippen molar-refractivity contribution in [2.45, 2.75) is 33.0 Å². The highest BCUT2D eigenvalue weighted by Crippen LogP contribution is 2.15. The molecular weight excluding hydrogens is 298 g/mol. The van der Waals surface area contributed by atoms with Gasteiger partial charge < -0.3 is 13.8 Å². The van der Waals surface area contributed by atoms with Crippen molar-refractivity contribution < 1.29 is 13.8 Å². The topological polar surface area (TPSA) is 80.7 Å². The number of rotatable bonds is 7. The molecule has 3 heterocycles. The minimum Gasteiger partial charge on any atom is -0.371 e. The van der Waals surface area contributed by atoms with Gasteiger partial charge in [-0.25, -0.2) is 0 Å². The Hall–Kier alpha value is -1.77. The third kappa shape index (κ3) is 4.37. The molecule has 0 aliphatic carbocycles. The van der Waals surface area contributed by atoms with E-state index in [1.165, 1.54) is 0 Å². The van der Waals surface area contributed by atoms with Crippen LogP contribution in [-0.2, 0) is 17.8 Å². The maximum atomic E-state index is 5.48. The number of aromatic nitrogens is 3. The number of hydrogen-bond acceptors (Lipinski definition) is 8. The van der Waals surface area contributed by atoms with Gasteiger partial charge in [0.1, 0.15) is 6.10 Å². The Morgan fingerprint density at radius 2 is 1.91 bits per heavy atom. The van der Waals surface area contributed by atoms with E-state index < -0.39 is 0 Å². The second-order valence-corrected chi connectivity index (χ2v) is 5.67. The van der Waals surface area contributed by atoms with Gasteiger partial charge in [-0.15, -0.1) is 0 Å². The van der Waals surface area contributed by atoms with Gasteiger partial charge in [-0.05, 0) is 13.8 Å². The smallest absolute Gasteiger partial charge is 0.240 e. The first-order chi connectivity index (χ1) is 11.2. The van der Waals surface area contributed by atoms with Crippen LogP contribution in [0.2, 0.25) is 0 Å². The van der Waals surface area contributed by atoms with Crippen LogP contribution in [0, 0.1) is 0 Å². The average molecular weight is 321 g/mol. The molecule has 0 amide bonds. The molecule has 1 aliphatic heterocycles. The molecule has 1 atom stereocenters. The van der Waals surface area contributed by atoms with Crippen molar-refractivity contribution in [1.29, 1.82) is 0 Å². The summed E-state index contributed by atoms with van der Waals surface area (Å²) >= 11 is 0. The van der Waals surface area contributed by atoms with Crippen LogP contribution in [0.5, 0.6) is 0 Å². The molecule has 2 aromatic heterocycles. The van der Waals surface area contributed by atoms with Crippen LogP contribution >= 0.6 is 0 Å². The van der Waals surface area contributed by atoms with Crippen LogP contribution in [0.1, 0.15) is 37.4 Å². The summed E-state index contributed by atoms with van der Waals surface area (Å²) in [7, 11) is 0. The summed E-state index contributed by atoms with van der Waals surface area (Å²) in [5.74, 6) is 2.17. The predicted octanol–water partition coefficient (Wildman–Crippen LogP) is 1.47. The Labute approximate surface area is 135 Å². The molecular formula is C15H23N5O3. The van der Waals surface area contributed by atoms with Gasteiger partial charge in [0.25, 0.3) is 0 Å². The fourth-order valence-corrected chi connectivity index (χ4v) is 2.66. The second kappa shape index (κ2) is 7.67. The molecule has 3 rings (SSSR count). The zero-order valence-corrected chi connectivity index (χ0v) is 13.6. The highest BCUT2D eigenvalue weighted by molar-refractivity contribution is 4.94. The van der Waals surface area contributed by atoms with Gasteiger partial charge in [0.05, 0.1) is 19.3 Å². The Kier molecular flexibility index (Phi) is 5.37. The Bertz CT molecular complexity index is 578. The van der Waals surface area contributed by atoms with Crippen LogP contribution in [0.3, 0.4) is 0 Å². The van der Waals surface area contributed by atoms with Crippen molar-refractivity contribution in [2.24, 2.45) is 0 Å². The molecule has 1 aliphatic rings. The van der Waals surface area contributed by atoms with Crippen LogP contribution in [0.4, 0.5) is 0 Å². The Morgan fingerprint density at radius 3 is 2.57 bits per heavy atom. The monoisotopic (exact) mass is 321 g/mol. The predicted molar refractivity (Wildman–Crippen MR) is 81.4 cm³/mol. The van der Waals surface area contributed by atoms with Gasteiger partial charge in [-0.3, -0.25) is 9.80 Å². The van der Waals surface area contributed by atoms with Crippen molar-refractivity contribution in [3.8, 4) is 0 Å². The van der Waals surface area contributed by atoms with Gasteiger partial charge in [0.2, 0.25) is 5.89 Å². The molecule has 0 bridgehead atoms. The van der Waals surface area contributed by atoms with Gasteiger partial charge in [0.15, 0.2) is 11.6 Å². The lowest BCUT2D eigenvalue weighted by atomic mass is 10.3. The number of nitrogens with zero attached hydrogens (tertiary/aromatic N) is 5. The maximum Gasteiger partial charge on any atom is 0.240 e. The van der Waals surface area contributed by atoms with Crippen molar-refractivity contribution in [1.82, 2.24) is 25.1 Å². The molecule has 1 saturated heterocycles. The highest BCUT2D eigenvalue weighted by Gasteiger charge is 2.21. The van der Waals surface area contributed by atoms with E-state index in [0.29, 0.717) is 24.9 Å². The van der Waals surface area contributed by atoms with Crippen molar-refractivity contribution in [3.63, 3.8) is 0 Å². The summed E-state index contributed by atoms with van der Waals surface area (Å²) in [6.45, 7) is 9.91. The number of hydrogen-bond donors (Lipinski definition) is 0. The summed E-state index contributed by atoms with van der Waals surface area (Å²) in [5.41, 5.74) is 0. The molecule has 1 fully saturated rings. The molecule has 0 radical (unpaired) electrons. The third-order valence-electron chi connectivity index (χ3n) is 3.96. The molecule has 126 valence electrons. The Balaban J connectivity index is 1.45. The lowest BCUT2D eigenvalue weighted by Gasteiger charge is -2.33. The van der Waals surface area contributed by atoms with Crippen molar-refractivity contribution in [3.05, 3.63) is 29.7 Å². The average Bonchev–Trinajstić information content (AvgIpc) is 3.21. The standard InChI is InChI=1S/C15H23N5O3/c1-3-21-12(2)15-17-14(23-18-15)11-20-8-6-19(7-9-20)10-13-4-5-16-22-13/h4-5,12H,3,6-11H2,1-2H3/t12-/m1/s1. The summed E-state index contributed by atoms with van der Waals surface area (Å²) in [4.78, 5) is 9.09. The first-order valence-corrected chi connectivity index (χ1v) is 8.03. The zero-order valence-electron chi connectivity index (χ0n) is 13.6. The quantitative estimate of drug-likeness (QED) is 0.758. The first-order valence-electron chi connectivity index (χ1n) is 8.03. The molecule has 23 heavy (non-hydrogen) atoms. The molecule has 0 N–H and O–H groups in total. The van der Waals surface area contributed by atoms with Crippen LogP contribution in [0.15, 0.2) is 21.3 Å². The van der Waals surface area contributed by atoms with E-state index in [-0.39, 0.29) is 6.10 Å². The summed E-state index contributed by atoms with van der Waals surface area (Å²) in [6.07, 6.45) is 1.55. The molecule has 8 nitrogen and oxygen atoms in total. The molecule has 0 aromatic carbocycles. The zero-order chi connectivity index (χ0) is 16.1. The third-order valence-corrected chi connectivity index (χ3v) is 3.96. The SMILES string of the molecule is CCO[C@H](C)c1noc(CN2CCN(Cc3ccno3)CC2)n1. The van der Waals surface area contributed by atoms with Crippen LogP contribution < -0.4 is 0 Å². The second-order valence-electron chi connectivity index (χ2n) is 5.67. The van der Waals surface area contributed by atoms with E-state index >= 15 is 0 Å². The number of piperazine rings is 1. The normalized spacial score (nSPS) is 18.3. The minimum absolute atomic E-state index is 0.128. The van der Waals surface area contributed by atoms with Crippen LogP contribution in [-0.4, -0.2) is 57.9 Å². The van der Waals surface area contributed by atoms with Gasteiger partial charge in [-0.1, -0.05) is 10.3 Å². The maximum absolute atomic E-state index is 5.48. The van der Waals surface area contributed by atoms with E-state index in [0.717, 1.165) is 38.5 Å². The summed E-state index contributed by atoms with van der Waals surface area (Å²) in [6, 6.07) is 1.91. The van der Waals surface area contributed by atoms with Crippen molar-refractivity contribution in [2.75, 3.05) is 32.8 Å². The molecule has 0 spiro atoms. The minimum atomic E-state index is -0.128. The fourth-order valence-electron chi connectivity index (χ4n) is 2.66. The Morgan fingerprint density at radius 1 is 1.17 bits per heavy atom. The lowest BCUT2D eigenvalue weighted by molar-refractivity contribution is 0.0683. The van der Waals surface area contributed by atoms with E-state index in [4.69, 9.17) is 13.8 Å². The lowest BCUT2D eigenvalue weighted by Crippen LogP contribution is -2.45. The largest absolute Gasteiger partial charge is 0.371 e. The molecule has 0 unspecified atom stereocenters. The van der Waals surface area contributed by atoms with E-state index in [1.54, 1.807) is 6.20 Å². The highest BCUT2D eigenvalue weighted by atomic mass is 16.5. The number of ether oxygens (including phenoxy) is 1. The van der Waals surface area contributed by atoms with Gasteiger partial charge in [0, 0.05) is 38.9 Å². The fraction of sp³-hybridized carbons (Fsp3) is 0.667. The summed E-state index contributed by atoms with van der Waals surface area (Å²) < 4.78 is 16.0. The van der Waals surface area contributed by atoms with E-state index in [1.807, 2.05) is 19.9 Å². The molecule has 2 aromatic rings. The molecule has 8 heteroatoms. The summed E-state index contributed by atoms with van der Waals surface area (Å²) in [5, 5.41) is 7.74. The van der Waals surface area contributed by atoms with E-state index in [9.17, 15) is 0 Å². The van der Waals surface area contributed by atoms with Gasteiger partial charge >= 0.3 is 0 Å². The van der Waals surface area contributed by atoms with E-state index in [2.05, 4.69) is 25.1 Å². The van der Waals surface area contributed by atoms with Gasteiger partial charge in [-0.2, -0.15) is 4.98 Å². The van der Waals surface area contributed by atoms with Crippen molar-refractivity contribution >= 4 is 0 Å².